The summed E-state index contributed by atoms with van der Waals surface area (Å²) in [5.41, 5.74) is 2.21. The molecule has 0 saturated heterocycles. The Kier molecular flexibility index (Phi) is 5.71. The van der Waals surface area contributed by atoms with Crippen LogP contribution in [-0.2, 0) is 0 Å². The van der Waals surface area contributed by atoms with Crippen molar-refractivity contribution in [2.45, 2.75) is 20.3 Å². The van der Waals surface area contributed by atoms with Gasteiger partial charge in [0.1, 0.15) is 5.56 Å². The standard InChI is InChI=1S/C18H22N2O3/c1-3-9-20(10-11-21)18(23)16-12-15(13(2)19-17(16)22)14-7-5-4-6-8-14/h4-8,12,21H,3,9-11H2,1-2H3,(H,19,22). The molecule has 0 atom stereocenters. The molecule has 0 spiro atoms. The zero-order valence-electron chi connectivity index (χ0n) is 13.5. The molecule has 122 valence electrons. The average Bonchev–Trinajstić information content (AvgIpc) is 2.55. The summed E-state index contributed by atoms with van der Waals surface area (Å²) in [6, 6.07) is 11.3. The Balaban J connectivity index is 2.46. The smallest absolute Gasteiger partial charge is 0.261 e. The van der Waals surface area contributed by atoms with Gasteiger partial charge in [0.25, 0.3) is 11.5 Å². The van der Waals surface area contributed by atoms with Crippen molar-refractivity contribution < 1.29 is 9.90 Å². The lowest BCUT2D eigenvalue weighted by molar-refractivity contribution is 0.0720. The second-order valence-electron chi connectivity index (χ2n) is 5.43. The summed E-state index contributed by atoms with van der Waals surface area (Å²) in [5.74, 6) is -0.348. The van der Waals surface area contributed by atoms with Crippen molar-refractivity contribution in [3.63, 3.8) is 0 Å². The largest absolute Gasteiger partial charge is 0.395 e. The summed E-state index contributed by atoms with van der Waals surface area (Å²) in [5, 5.41) is 9.13. The second-order valence-corrected chi connectivity index (χ2v) is 5.43. The number of aromatic amines is 1. The van der Waals surface area contributed by atoms with Crippen LogP contribution >= 0.6 is 0 Å². The van der Waals surface area contributed by atoms with Gasteiger partial charge in [-0.2, -0.15) is 0 Å². The van der Waals surface area contributed by atoms with E-state index in [1.54, 1.807) is 6.07 Å². The van der Waals surface area contributed by atoms with Crippen LogP contribution in [0, 0.1) is 6.92 Å². The van der Waals surface area contributed by atoms with Gasteiger partial charge < -0.3 is 15.0 Å². The molecule has 0 fully saturated rings. The fraction of sp³-hybridized carbons (Fsp3) is 0.333. The summed E-state index contributed by atoms with van der Waals surface area (Å²) < 4.78 is 0. The van der Waals surface area contributed by atoms with E-state index in [0.717, 1.165) is 23.2 Å². The molecule has 23 heavy (non-hydrogen) atoms. The van der Waals surface area contributed by atoms with E-state index in [-0.39, 0.29) is 24.6 Å². The number of hydrogen-bond donors (Lipinski definition) is 2. The molecule has 2 aromatic rings. The number of aliphatic hydroxyl groups excluding tert-OH is 1. The van der Waals surface area contributed by atoms with E-state index >= 15 is 0 Å². The number of H-pyrrole nitrogens is 1. The highest BCUT2D eigenvalue weighted by Gasteiger charge is 2.19. The summed E-state index contributed by atoms with van der Waals surface area (Å²) in [4.78, 5) is 29.1. The van der Waals surface area contributed by atoms with Gasteiger partial charge in [0.15, 0.2) is 0 Å². The molecule has 0 radical (unpaired) electrons. The molecule has 2 N–H and O–H groups in total. The normalized spacial score (nSPS) is 10.6. The predicted octanol–water partition coefficient (Wildman–Crippen LogP) is 2.19. The number of amides is 1. The molecule has 0 aliphatic carbocycles. The van der Waals surface area contributed by atoms with Crippen LogP contribution in [0.5, 0.6) is 0 Å². The minimum absolute atomic E-state index is 0.108. The minimum Gasteiger partial charge on any atom is -0.395 e. The predicted molar refractivity (Wildman–Crippen MR) is 90.5 cm³/mol. The van der Waals surface area contributed by atoms with E-state index in [1.165, 1.54) is 4.90 Å². The third-order valence-electron chi connectivity index (χ3n) is 3.70. The van der Waals surface area contributed by atoms with Crippen molar-refractivity contribution in [1.82, 2.24) is 9.88 Å². The number of aryl methyl sites for hydroxylation is 1. The Labute approximate surface area is 135 Å². The molecule has 5 nitrogen and oxygen atoms in total. The summed E-state index contributed by atoms with van der Waals surface area (Å²) in [6.45, 7) is 4.37. The lowest BCUT2D eigenvalue weighted by Crippen LogP contribution is -2.37. The van der Waals surface area contributed by atoms with E-state index in [4.69, 9.17) is 5.11 Å². The Morgan fingerprint density at radius 1 is 1.22 bits per heavy atom. The molecule has 0 bridgehead atoms. The van der Waals surface area contributed by atoms with Crippen LogP contribution in [0.4, 0.5) is 0 Å². The van der Waals surface area contributed by atoms with Crippen LogP contribution < -0.4 is 5.56 Å². The van der Waals surface area contributed by atoms with Gasteiger partial charge >= 0.3 is 0 Å². The number of pyridine rings is 1. The van der Waals surface area contributed by atoms with E-state index in [1.807, 2.05) is 44.2 Å². The van der Waals surface area contributed by atoms with E-state index in [2.05, 4.69) is 4.98 Å². The molecule has 5 heteroatoms. The van der Waals surface area contributed by atoms with Gasteiger partial charge in [0, 0.05) is 24.3 Å². The molecule has 1 aromatic carbocycles. The van der Waals surface area contributed by atoms with Crippen molar-refractivity contribution in [2.24, 2.45) is 0 Å². The lowest BCUT2D eigenvalue weighted by Gasteiger charge is -2.21. The van der Waals surface area contributed by atoms with E-state index < -0.39 is 5.56 Å². The number of carbonyl (C=O) groups is 1. The van der Waals surface area contributed by atoms with E-state index in [9.17, 15) is 9.59 Å². The van der Waals surface area contributed by atoms with Crippen molar-refractivity contribution in [2.75, 3.05) is 19.7 Å². The van der Waals surface area contributed by atoms with Crippen LogP contribution in [0.3, 0.4) is 0 Å². The number of rotatable bonds is 6. The molecular weight excluding hydrogens is 292 g/mol. The molecule has 0 saturated carbocycles. The number of carbonyl (C=O) groups excluding carboxylic acids is 1. The maximum atomic E-state index is 12.6. The van der Waals surface area contributed by atoms with Crippen LogP contribution in [-0.4, -0.2) is 40.6 Å². The summed E-state index contributed by atoms with van der Waals surface area (Å²) in [7, 11) is 0. The Hall–Kier alpha value is -2.40. The van der Waals surface area contributed by atoms with Gasteiger partial charge in [0.05, 0.1) is 6.61 Å². The number of aromatic nitrogens is 1. The molecular formula is C18H22N2O3. The first kappa shape index (κ1) is 17.0. The number of aliphatic hydroxyl groups is 1. The molecule has 2 rings (SSSR count). The average molecular weight is 314 g/mol. The van der Waals surface area contributed by atoms with Crippen LogP contribution in [0.15, 0.2) is 41.2 Å². The molecule has 0 aliphatic heterocycles. The van der Waals surface area contributed by atoms with Crippen LogP contribution in [0.25, 0.3) is 11.1 Å². The third-order valence-corrected chi connectivity index (χ3v) is 3.70. The SMILES string of the molecule is CCCN(CCO)C(=O)c1cc(-c2ccccc2)c(C)[nH]c1=O. The van der Waals surface area contributed by atoms with Gasteiger partial charge in [-0.3, -0.25) is 9.59 Å². The minimum atomic E-state index is -0.397. The Bertz CT molecular complexity index is 717. The Morgan fingerprint density at radius 3 is 2.52 bits per heavy atom. The van der Waals surface area contributed by atoms with Gasteiger partial charge in [-0.1, -0.05) is 37.3 Å². The van der Waals surface area contributed by atoms with Crippen molar-refractivity contribution in [3.05, 3.63) is 58.0 Å². The third kappa shape index (κ3) is 3.87. The number of benzene rings is 1. The zero-order chi connectivity index (χ0) is 16.8. The molecule has 0 aliphatic rings. The van der Waals surface area contributed by atoms with Crippen molar-refractivity contribution in [1.29, 1.82) is 0 Å². The van der Waals surface area contributed by atoms with Gasteiger partial charge in [0.2, 0.25) is 0 Å². The monoisotopic (exact) mass is 314 g/mol. The maximum Gasteiger partial charge on any atom is 0.261 e. The van der Waals surface area contributed by atoms with Crippen LogP contribution in [0.1, 0.15) is 29.4 Å². The quantitative estimate of drug-likeness (QED) is 0.858. The van der Waals surface area contributed by atoms with Gasteiger partial charge in [-0.15, -0.1) is 0 Å². The van der Waals surface area contributed by atoms with Gasteiger partial charge in [-0.05, 0) is 25.0 Å². The molecule has 1 amide bonds. The van der Waals surface area contributed by atoms with Crippen molar-refractivity contribution >= 4 is 5.91 Å². The molecule has 0 unspecified atom stereocenters. The fourth-order valence-corrected chi connectivity index (χ4v) is 2.58. The first-order valence-corrected chi connectivity index (χ1v) is 7.78. The van der Waals surface area contributed by atoms with E-state index in [0.29, 0.717) is 6.54 Å². The van der Waals surface area contributed by atoms with Gasteiger partial charge in [-0.25, -0.2) is 0 Å². The highest BCUT2D eigenvalue weighted by atomic mass is 16.3. The first-order valence-electron chi connectivity index (χ1n) is 7.78. The highest BCUT2D eigenvalue weighted by Crippen LogP contribution is 2.22. The summed E-state index contributed by atoms with van der Waals surface area (Å²) in [6.07, 6.45) is 0.765. The number of nitrogens with one attached hydrogen (secondary N) is 1. The summed E-state index contributed by atoms with van der Waals surface area (Å²) >= 11 is 0. The zero-order valence-corrected chi connectivity index (χ0v) is 13.5. The molecule has 1 heterocycles. The number of hydrogen-bond acceptors (Lipinski definition) is 3. The lowest BCUT2D eigenvalue weighted by atomic mass is 10.0. The second kappa shape index (κ2) is 7.74. The topological polar surface area (TPSA) is 73.4 Å². The van der Waals surface area contributed by atoms with Crippen LogP contribution in [0.2, 0.25) is 0 Å². The number of nitrogens with zero attached hydrogens (tertiary/aromatic N) is 1. The highest BCUT2D eigenvalue weighted by molar-refractivity contribution is 5.95. The fourth-order valence-electron chi connectivity index (χ4n) is 2.58. The maximum absolute atomic E-state index is 12.6. The first-order chi connectivity index (χ1) is 11.1. The Morgan fingerprint density at radius 2 is 1.91 bits per heavy atom. The van der Waals surface area contributed by atoms with Crippen molar-refractivity contribution in [3.8, 4) is 11.1 Å². The molecule has 1 aromatic heterocycles.